The molecule has 1 aromatic heterocycles. The van der Waals surface area contributed by atoms with Crippen LogP contribution < -0.4 is 5.32 Å². The second kappa shape index (κ2) is 10.4. The molecule has 9 heteroatoms. The summed E-state index contributed by atoms with van der Waals surface area (Å²) in [6.07, 6.45) is 0. The summed E-state index contributed by atoms with van der Waals surface area (Å²) >= 11 is 0. The molecule has 1 N–H and O–H groups in total. The molecule has 1 amide bonds. The van der Waals surface area contributed by atoms with Gasteiger partial charge in [0.05, 0.1) is 25.3 Å². The summed E-state index contributed by atoms with van der Waals surface area (Å²) in [5.41, 5.74) is 2.01. The number of nitrogens with one attached hydrogen (secondary N) is 1. The summed E-state index contributed by atoms with van der Waals surface area (Å²) in [4.78, 5) is 32.9. The molecule has 0 aliphatic carbocycles. The first kappa shape index (κ1) is 22.6. The second-order valence-corrected chi connectivity index (χ2v) is 7.93. The average Bonchev–Trinajstić information content (AvgIpc) is 3.35. The molecule has 4 rings (SSSR count). The van der Waals surface area contributed by atoms with E-state index in [1.807, 2.05) is 30.3 Å². The van der Waals surface area contributed by atoms with Crippen LogP contribution in [-0.2, 0) is 9.53 Å². The Morgan fingerprint density at radius 1 is 1.06 bits per heavy atom. The molecular formula is C24H27N5O4. The number of ether oxygens (including phenoxy) is 1. The largest absolute Gasteiger partial charge is 0.465 e. The van der Waals surface area contributed by atoms with Crippen molar-refractivity contribution in [2.24, 2.45) is 0 Å². The van der Waals surface area contributed by atoms with E-state index in [0.717, 1.165) is 31.7 Å². The summed E-state index contributed by atoms with van der Waals surface area (Å²) in [7, 11) is 1.34. The van der Waals surface area contributed by atoms with Gasteiger partial charge >= 0.3 is 5.97 Å². The minimum Gasteiger partial charge on any atom is -0.465 e. The number of nitrogens with zero attached hydrogens (tertiary/aromatic N) is 4. The number of hydrogen-bond acceptors (Lipinski definition) is 8. The first-order chi connectivity index (χ1) is 16.0. The van der Waals surface area contributed by atoms with E-state index in [9.17, 15) is 9.59 Å². The van der Waals surface area contributed by atoms with Crippen molar-refractivity contribution in [2.45, 2.75) is 13.0 Å². The van der Waals surface area contributed by atoms with Gasteiger partial charge in [0, 0.05) is 37.4 Å². The molecular weight excluding hydrogens is 422 g/mol. The topological polar surface area (TPSA) is 101 Å². The zero-order valence-corrected chi connectivity index (χ0v) is 18.7. The zero-order valence-electron chi connectivity index (χ0n) is 18.7. The number of anilines is 1. The Kier molecular flexibility index (Phi) is 7.11. The van der Waals surface area contributed by atoms with Crippen LogP contribution in [0.2, 0.25) is 0 Å². The highest BCUT2D eigenvalue weighted by Gasteiger charge is 2.26. The normalized spacial score (nSPS) is 15.7. The van der Waals surface area contributed by atoms with Crippen LogP contribution in [-0.4, -0.2) is 71.7 Å². The molecule has 2 aromatic carbocycles. The smallest absolute Gasteiger partial charge is 0.337 e. The Hall–Kier alpha value is -3.56. The number of hydrogen-bond donors (Lipinski definition) is 1. The van der Waals surface area contributed by atoms with Crippen LogP contribution in [0.25, 0.3) is 11.4 Å². The number of benzene rings is 2. The van der Waals surface area contributed by atoms with Crippen LogP contribution >= 0.6 is 0 Å². The molecule has 172 valence electrons. The number of rotatable bonds is 7. The van der Waals surface area contributed by atoms with Gasteiger partial charge in [0.1, 0.15) is 0 Å². The lowest BCUT2D eigenvalue weighted by Gasteiger charge is -2.36. The third-order valence-corrected chi connectivity index (χ3v) is 5.74. The number of carbonyl (C=O) groups is 2. The van der Waals surface area contributed by atoms with Gasteiger partial charge in [-0.05, 0) is 31.2 Å². The maximum atomic E-state index is 12.4. The number of aromatic nitrogens is 2. The summed E-state index contributed by atoms with van der Waals surface area (Å²) in [6.45, 7) is 5.48. The number of methoxy groups -OCH3 is 1. The van der Waals surface area contributed by atoms with Gasteiger partial charge in [-0.1, -0.05) is 35.5 Å². The Labute approximate surface area is 192 Å². The third kappa shape index (κ3) is 5.63. The summed E-state index contributed by atoms with van der Waals surface area (Å²) in [5.74, 6) is 0.686. The monoisotopic (exact) mass is 449 g/mol. The fourth-order valence-corrected chi connectivity index (χ4v) is 3.79. The van der Waals surface area contributed by atoms with E-state index in [1.165, 1.54) is 7.11 Å². The molecule has 3 aromatic rings. The van der Waals surface area contributed by atoms with E-state index in [1.54, 1.807) is 24.3 Å². The van der Waals surface area contributed by atoms with Crippen LogP contribution in [0.4, 0.5) is 5.69 Å². The van der Waals surface area contributed by atoms with E-state index in [2.05, 4.69) is 36.9 Å². The van der Waals surface area contributed by atoms with Crippen molar-refractivity contribution < 1.29 is 18.8 Å². The lowest BCUT2D eigenvalue weighted by Crippen LogP contribution is -2.49. The molecule has 33 heavy (non-hydrogen) atoms. The van der Waals surface area contributed by atoms with Crippen molar-refractivity contribution >= 4 is 17.6 Å². The van der Waals surface area contributed by atoms with Gasteiger partial charge in [-0.3, -0.25) is 14.6 Å². The Bertz CT molecular complexity index is 1080. The quantitative estimate of drug-likeness (QED) is 0.550. The van der Waals surface area contributed by atoms with Crippen molar-refractivity contribution in [1.29, 1.82) is 0 Å². The van der Waals surface area contributed by atoms with E-state index in [0.29, 0.717) is 29.5 Å². The molecule has 0 saturated carbocycles. The Morgan fingerprint density at radius 2 is 1.76 bits per heavy atom. The summed E-state index contributed by atoms with van der Waals surface area (Å²) in [6, 6.07) is 16.4. The van der Waals surface area contributed by atoms with Crippen LogP contribution in [0.15, 0.2) is 59.1 Å². The van der Waals surface area contributed by atoms with E-state index < -0.39 is 5.97 Å². The highest BCUT2D eigenvalue weighted by molar-refractivity contribution is 5.94. The van der Waals surface area contributed by atoms with Crippen LogP contribution in [0.1, 0.15) is 29.2 Å². The van der Waals surface area contributed by atoms with Gasteiger partial charge in [0.15, 0.2) is 0 Å². The lowest BCUT2D eigenvalue weighted by molar-refractivity contribution is -0.117. The standard InChI is InChI=1S/C24H27N5O4/c1-17(23-26-22(27-33-23)18-6-4-3-5-7-18)29-14-12-28(13-15-29)16-21(30)25-20-10-8-19(9-11-20)24(31)32-2/h3-11,17H,12-16H2,1-2H3,(H,25,30)/t17-/m1/s1. The van der Waals surface area contributed by atoms with Crippen molar-refractivity contribution in [1.82, 2.24) is 19.9 Å². The minimum atomic E-state index is -0.406. The first-order valence-corrected chi connectivity index (χ1v) is 10.9. The molecule has 1 saturated heterocycles. The molecule has 0 radical (unpaired) electrons. The molecule has 9 nitrogen and oxygen atoms in total. The highest BCUT2D eigenvalue weighted by Crippen LogP contribution is 2.23. The predicted molar refractivity (Wildman–Crippen MR) is 123 cm³/mol. The van der Waals surface area contributed by atoms with Gasteiger partial charge in [-0.15, -0.1) is 0 Å². The van der Waals surface area contributed by atoms with Crippen LogP contribution in [0.5, 0.6) is 0 Å². The fraction of sp³-hybridized carbons (Fsp3) is 0.333. The number of piperazine rings is 1. The van der Waals surface area contributed by atoms with Gasteiger partial charge in [0.2, 0.25) is 17.6 Å². The van der Waals surface area contributed by atoms with E-state index in [4.69, 9.17) is 4.52 Å². The van der Waals surface area contributed by atoms with Gasteiger partial charge < -0.3 is 14.6 Å². The molecule has 1 aliphatic heterocycles. The molecule has 1 aliphatic rings. The van der Waals surface area contributed by atoms with Gasteiger partial charge in [-0.2, -0.15) is 4.98 Å². The summed E-state index contributed by atoms with van der Waals surface area (Å²) < 4.78 is 10.2. The Morgan fingerprint density at radius 3 is 2.42 bits per heavy atom. The maximum Gasteiger partial charge on any atom is 0.337 e. The third-order valence-electron chi connectivity index (χ3n) is 5.74. The fourth-order valence-electron chi connectivity index (χ4n) is 3.79. The maximum absolute atomic E-state index is 12.4. The molecule has 1 atom stereocenters. The molecule has 1 fully saturated rings. The van der Waals surface area contributed by atoms with E-state index in [-0.39, 0.29) is 11.9 Å². The number of carbonyl (C=O) groups excluding carboxylic acids is 2. The number of esters is 1. The zero-order chi connectivity index (χ0) is 23.2. The predicted octanol–water partition coefficient (Wildman–Crippen LogP) is 2.84. The van der Waals surface area contributed by atoms with Crippen LogP contribution in [0, 0.1) is 0 Å². The van der Waals surface area contributed by atoms with Crippen molar-refractivity contribution in [3.05, 3.63) is 66.1 Å². The second-order valence-electron chi connectivity index (χ2n) is 7.93. The van der Waals surface area contributed by atoms with Crippen molar-refractivity contribution in [2.75, 3.05) is 45.2 Å². The molecule has 2 heterocycles. The Balaban J connectivity index is 1.25. The lowest BCUT2D eigenvalue weighted by atomic mass is 10.2. The highest BCUT2D eigenvalue weighted by atomic mass is 16.5. The SMILES string of the molecule is COC(=O)c1ccc(NC(=O)CN2CCN([C@H](C)c3nc(-c4ccccc4)no3)CC2)cc1. The van der Waals surface area contributed by atoms with E-state index >= 15 is 0 Å². The molecule has 0 unspecified atom stereocenters. The number of amides is 1. The van der Waals surface area contributed by atoms with Crippen LogP contribution in [0.3, 0.4) is 0 Å². The molecule has 0 bridgehead atoms. The van der Waals surface area contributed by atoms with Crippen molar-refractivity contribution in [3.63, 3.8) is 0 Å². The molecule has 0 spiro atoms. The summed E-state index contributed by atoms with van der Waals surface area (Å²) in [5, 5.41) is 6.99. The van der Waals surface area contributed by atoms with Gasteiger partial charge in [0.25, 0.3) is 0 Å². The van der Waals surface area contributed by atoms with Gasteiger partial charge in [-0.25, -0.2) is 4.79 Å². The minimum absolute atomic E-state index is 0.000681. The van der Waals surface area contributed by atoms with Crippen molar-refractivity contribution in [3.8, 4) is 11.4 Å². The average molecular weight is 450 g/mol. The first-order valence-electron chi connectivity index (χ1n) is 10.9.